The molecular weight excluding hydrogens is 486 g/mol. The highest BCUT2D eigenvalue weighted by molar-refractivity contribution is 6.11. The Balaban J connectivity index is 1.43. The number of aromatic nitrogens is 3. The Bertz CT molecular complexity index is 2160. The molecule has 2 heterocycles. The Labute approximate surface area is 233 Å². The molecule has 40 heavy (non-hydrogen) atoms. The van der Waals surface area contributed by atoms with E-state index >= 15 is 0 Å². The zero-order valence-corrected chi connectivity index (χ0v) is 23.2. The van der Waals surface area contributed by atoms with Crippen molar-refractivity contribution in [3.8, 4) is 28.3 Å². The van der Waals surface area contributed by atoms with Crippen molar-refractivity contribution in [1.29, 1.82) is 0 Å². The highest BCUT2D eigenvalue weighted by atomic mass is 15.2. The molecule has 0 atom stereocenters. The second-order valence-corrected chi connectivity index (χ2v) is 11.6. The lowest BCUT2D eigenvalue weighted by molar-refractivity contribution is 0.661. The monoisotopic (exact) mass is 515 g/mol. The summed E-state index contributed by atoms with van der Waals surface area (Å²) in [4.78, 5) is 10.2. The summed E-state index contributed by atoms with van der Waals surface area (Å²) in [5, 5.41) is 4.92. The van der Waals surface area contributed by atoms with Crippen LogP contribution in [0.3, 0.4) is 0 Å². The quantitative estimate of drug-likeness (QED) is 0.230. The molecule has 0 bridgehead atoms. The third kappa shape index (κ3) is 3.06. The predicted molar refractivity (Wildman–Crippen MR) is 166 cm³/mol. The minimum atomic E-state index is -0.0822. The predicted octanol–water partition coefficient (Wildman–Crippen LogP) is 9.32. The van der Waals surface area contributed by atoms with Crippen molar-refractivity contribution in [3.63, 3.8) is 0 Å². The summed E-state index contributed by atoms with van der Waals surface area (Å²) in [6.45, 7) is 8.95. The fourth-order valence-electron chi connectivity index (χ4n) is 6.92. The van der Waals surface area contributed by atoms with Gasteiger partial charge in [0.15, 0.2) is 0 Å². The molecule has 0 N–H and O–H groups in total. The van der Waals surface area contributed by atoms with Gasteiger partial charge in [0.2, 0.25) is 5.95 Å². The van der Waals surface area contributed by atoms with E-state index < -0.39 is 0 Å². The van der Waals surface area contributed by atoms with E-state index in [1.54, 1.807) is 0 Å². The van der Waals surface area contributed by atoms with Crippen LogP contribution in [0, 0.1) is 13.8 Å². The van der Waals surface area contributed by atoms with Gasteiger partial charge in [-0.1, -0.05) is 92.7 Å². The minimum Gasteiger partial charge on any atom is -0.278 e. The van der Waals surface area contributed by atoms with Crippen LogP contribution in [0.5, 0.6) is 0 Å². The Kier molecular flexibility index (Phi) is 4.70. The first-order chi connectivity index (χ1) is 19.4. The van der Waals surface area contributed by atoms with E-state index in [-0.39, 0.29) is 5.41 Å². The van der Waals surface area contributed by atoms with Gasteiger partial charge in [-0.05, 0) is 76.2 Å². The van der Waals surface area contributed by atoms with Crippen molar-refractivity contribution in [2.24, 2.45) is 0 Å². The van der Waals surface area contributed by atoms with E-state index in [1.807, 2.05) is 6.20 Å². The molecule has 0 saturated carbocycles. The van der Waals surface area contributed by atoms with Crippen molar-refractivity contribution in [1.82, 2.24) is 14.5 Å². The molecule has 0 unspecified atom stereocenters. The Morgan fingerprint density at radius 2 is 1.38 bits per heavy atom. The molecule has 1 aliphatic rings. The van der Waals surface area contributed by atoms with E-state index in [1.165, 1.54) is 49.4 Å². The third-order valence-corrected chi connectivity index (χ3v) is 8.90. The average Bonchev–Trinajstić information content (AvgIpc) is 3.41. The molecule has 2 aromatic heterocycles. The van der Waals surface area contributed by atoms with Crippen molar-refractivity contribution in [2.45, 2.75) is 33.1 Å². The summed E-state index contributed by atoms with van der Waals surface area (Å²) < 4.78 is 2.25. The van der Waals surface area contributed by atoms with Crippen LogP contribution < -0.4 is 0 Å². The molecule has 3 nitrogen and oxygen atoms in total. The smallest absolute Gasteiger partial charge is 0.235 e. The van der Waals surface area contributed by atoms with Gasteiger partial charge < -0.3 is 0 Å². The standard InChI is InChI=1S/C37H29N3/c1-22-11-9-12-24-13-10-16-27(34(22)24)35-23(2)21-38-36(39-35)40-32-18-8-6-15-26(32)29-19-28-25-14-5-7-17-30(25)37(3,4)31(28)20-33(29)40/h5-21H,1-4H3. The summed E-state index contributed by atoms with van der Waals surface area (Å²) >= 11 is 0. The van der Waals surface area contributed by atoms with E-state index in [9.17, 15) is 0 Å². The van der Waals surface area contributed by atoms with E-state index in [2.05, 4.69) is 129 Å². The fourth-order valence-corrected chi connectivity index (χ4v) is 6.92. The molecule has 3 heteroatoms. The number of para-hydroxylation sites is 1. The SMILES string of the molecule is Cc1cnc(-n2c3ccccc3c3cc4c(cc32)C(C)(C)c2ccccc2-4)nc1-c1cccc2cccc(C)c12. The van der Waals surface area contributed by atoms with Crippen molar-refractivity contribution in [2.75, 3.05) is 0 Å². The summed E-state index contributed by atoms with van der Waals surface area (Å²) in [6, 6.07) is 35.2. The van der Waals surface area contributed by atoms with Gasteiger partial charge in [-0.15, -0.1) is 0 Å². The number of fused-ring (bicyclic) bond motifs is 7. The lowest BCUT2D eigenvalue weighted by atomic mass is 9.82. The number of rotatable bonds is 2. The Hall–Kier alpha value is -4.76. The summed E-state index contributed by atoms with van der Waals surface area (Å²) in [7, 11) is 0. The van der Waals surface area contributed by atoms with Gasteiger partial charge in [0.25, 0.3) is 0 Å². The molecule has 1 aliphatic carbocycles. The number of benzene rings is 5. The van der Waals surface area contributed by atoms with Crippen LogP contribution >= 0.6 is 0 Å². The molecule has 8 rings (SSSR count). The fraction of sp³-hybridized carbons (Fsp3) is 0.135. The van der Waals surface area contributed by atoms with Gasteiger partial charge in [0.05, 0.1) is 16.7 Å². The van der Waals surface area contributed by atoms with Crippen LogP contribution in [-0.2, 0) is 5.41 Å². The maximum atomic E-state index is 5.30. The number of aryl methyl sites for hydroxylation is 2. The van der Waals surface area contributed by atoms with Gasteiger partial charge in [0, 0.05) is 27.9 Å². The first-order valence-electron chi connectivity index (χ1n) is 13.9. The van der Waals surface area contributed by atoms with E-state index in [0.717, 1.165) is 27.9 Å². The molecule has 0 fully saturated rings. The zero-order chi connectivity index (χ0) is 27.2. The van der Waals surface area contributed by atoms with Gasteiger partial charge in [-0.2, -0.15) is 0 Å². The van der Waals surface area contributed by atoms with Crippen LogP contribution in [0.25, 0.3) is 60.9 Å². The summed E-state index contributed by atoms with van der Waals surface area (Å²) in [6.07, 6.45) is 1.97. The highest BCUT2D eigenvalue weighted by Crippen LogP contribution is 2.50. The van der Waals surface area contributed by atoms with Crippen molar-refractivity contribution in [3.05, 3.63) is 126 Å². The van der Waals surface area contributed by atoms with Gasteiger partial charge >= 0.3 is 0 Å². The topological polar surface area (TPSA) is 30.7 Å². The maximum absolute atomic E-state index is 5.30. The molecule has 0 saturated heterocycles. The van der Waals surface area contributed by atoms with Gasteiger partial charge in [-0.3, -0.25) is 4.57 Å². The maximum Gasteiger partial charge on any atom is 0.235 e. The number of hydrogen-bond donors (Lipinski definition) is 0. The first-order valence-corrected chi connectivity index (χ1v) is 13.9. The third-order valence-electron chi connectivity index (χ3n) is 8.90. The van der Waals surface area contributed by atoms with Crippen LogP contribution in [0.1, 0.15) is 36.1 Å². The van der Waals surface area contributed by atoms with E-state index in [0.29, 0.717) is 5.95 Å². The molecule has 0 radical (unpaired) electrons. The molecule has 0 amide bonds. The Morgan fingerprint density at radius 1 is 0.625 bits per heavy atom. The molecule has 7 aromatic rings. The first kappa shape index (κ1) is 23.2. The molecule has 0 aliphatic heterocycles. The lowest BCUT2D eigenvalue weighted by Gasteiger charge is -2.21. The second kappa shape index (κ2) is 8.12. The zero-order valence-electron chi connectivity index (χ0n) is 23.2. The molecule has 5 aromatic carbocycles. The average molecular weight is 516 g/mol. The largest absolute Gasteiger partial charge is 0.278 e. The highest BCUT2D eigenvalue weighted by Gasteiger charge is 2.36. The Morgan fingerprint density at radius 3 is 2.25 bits per heavy atom. The molecule has 192 valence electrons. The number of nitrogens with zero attached hydrogens (tertiary/aromatic N) is 3. The van der Waals surface area contributed by atoms with Gasteiger partial charge in [-0.25, -0.2) is 9.97 Å². The molecular formula is C37H29N3. The van der Waals surface area contributed by atoms with Crippen LogP contribution in [0.15, 0.2) is 103 Å². The normalized spacial score (nSPS) is 13.7. The molecule has 0 spiro atoms. The summed E-state index contributed by atoms with van der Waals surface area (Å²) in [5.41, 5.74) is 12.0. The van der Waals surface area contributed by atoms with Crippen molar-refractivity contribution < 1.29 is 0 Å². The van der Waals surface area contributed by atoms with Crippen molar-refractivity contribution >= 4 is 32.6 Å². The van der Waals surface area contributed by atoms with Crippen LogP contribution in [0.4, 0.5) is 0 Å². The minimum absolute atomic E-state index is 0.0822. The number of hydrogen-bond acceptors (Lipinski definition) is 2. The van der Waals surface area contributed by atoms with Crippen LogP contribution in [-0.4, -0.2) is 14.5 Å². The summed E-state index contributed by atoms with van der Waals surface area (Å²) in [5.74, 6) is 0.700. The van der Waals surface area contributed by atoms with E-state index in [4.69, 9.17) is 9.97 Å². The second-order valence-electron chi connectivity index (χ2n) is 11.6. The lowest BCUT2D eigenvalue weighted by Crippen LogP contribution is -2.15. The van der Waals surface area contributed by atoms with Crippen LogP contribution in [0.2, 0.25) is 0 Å². The van der Waals surface area contributed by atoms with Gasteiger partial charge in [0.1, 0.15) is 0 Å².